The van der Waals surface area contributed by atoms with Gasteiger partial charge in [0.15, 0.2) is 0 Å². The number of carbonyl (C=O) groups excluding carboxylic acids is 2. The van der Waals surface area contributed by atoms with E-state index in [1.165, 1.54) is 0 Å². The van der Waals surface area contributed by atoms with E-state index in [0.29, 0.717) is 13.1 Å². The van der Waals surface area contributed by atoms with Gasteiger partial charge in [0.1, 0.15) is 18.0 Å². The normalized spacial score (nSPS) is 15.6. The number of alkyl carbamates (subject to hydrolysis) is 1. The van der Waals surface area contributed by atoms with E-state index >= 15 is 0 Å². The lowest BCUT2D eigenvalue weighted by molar-refractivity contribution is 0.0188. The first-order chi connectivity index (χ1) is 16.7. The fourth-order valence-electron chi connectivity index (χ4n) is 4.39. The Kier molecular flexibility index (Phi) is 7.28. The molecule has 3 aromatic rings. The van der Waals surface area contributed by atoms with Crippen molar-refractivity contribution in [2.75, 3.05) is 13.1 Å². The summed E-state index contributed by atoms with van der Waals surface area (Å²) in [5, 5.41) is 2.93. The van der Waals surface area contributed by atoms with Crippen LogP contribution in [0.25, 0.3) is 11.0 Å². The number of aromatic nitrogens is 2. The highest BCUT2D eigenvalue weighted by molar-refractivity contribution is 5.76. The van der Waals surface area contributed by atoms with Crippen molar-refractivity contribution in [2.24, 2.45) is 0 Å². The van der Waals surface area contributed by atoms with Gasteiger partial charge >= 0.3 is 12.2 Å². The van der Waals surface area contributed by atoms with E-state index in [0.717, 1.165) is 35.3 Å². The lowest BCUT2D eigenvalue weighted by Crippen LogP contribution is -2.42. The minimum Gasteiger partial charge on any atom is -0.445 e. The largest absolute Gasteiger partial charge is 0.445 e. The summed E-state index contributed by atoms with van der Waals surface area (Å²) < 4.78 is 13.2. The average Bonchev–Trinajstić information content (AvgIpc) is 3.22. The van der Waals surface area contributed by atoms with E-state index in [2.05, 4.69) is 9.88 Å². The van der Waals surface area contributed by atoms with Gasteiger partial charge in [-0.1, -0.05) is 42.5 Å². The number of fused-ring (bicyclic) bond motifs is 1. The summed E-state index contributed by atoms with van der Waals surface area (Å²) in [7, 11) is 0. The Bertz CT molecular complexity index is 1160. The molecule has 0 aliphatic carbocycles. The lowest BCUT2D eigenvalue weighted by atomic mass is 10.0. The molecule has 2 aromatic carbocycles. The van der Waals surface area contributed by atoms with Crippen molar-refractivity contribution in [3.05, 3.63) is 66.0 Å². The highest BCUT2D eigenvalue weighted by Gasteiger charge is 2.30. The number of ether oxygens (including phenoxy) is 2. The van der Waals surface area contributed by atoms with Crippen LogP contribution in [-0.2, 0) is 16.1 Å². The molecule has 2 heterocycles. The Hall–Kier alpha value is -3.55. The summed E-state index contributed by atoms with van der Waals surface area (Å²) in [6.45, 7) is 8.96. The van der Waals surface area contributed by atoms with Crippen LogP contribution < -0.4 is 5.32 Å². The van der Waals surface area contributed by atoms with Gasteiger partial charge in [0.05, 0.1) is 17.1 Å². The molecular formula is C27H34N4O4. The molecule has 0 spiro atoms. The first kappa shape index (κ1) is 24.6. The zero-order valence-electron chi connectivity index (χ0n) is 20.9. The number of piperidine rings is 1. The second-order valence-corrected chi connectivity index (χ2v) is 9.96. The van der Waals surface area contributed by atoms with Crippen LogP contribution >= 0.6 is 0 Å². The first-order valence-corrected chi connectivity index (χ1v) is 12.1. The van der Waals surface area contributed by atoms with E-state index < -0.39 is 11.7 Å². The third kappa shape index (κ3) is 6.12. The maximum Gasteiger partial charge on any atom is 0.410 e. The molecule has 8 heteroatoms. The molecule has 0 unspecified atom stereocenters. The van der Waals surface area contributed by atoms with Crippen LogP contribution in [0.1, 0.15) is 64.0 Å². The molecule has 1 atom stereocenters. The van der Waals surface area contributed by atoms with Crippen LogP contribution in [0.5, 0.6) is 0 Å². The maximum absolute atomic E-state index is 12.5. The number of carbonyl (C=O) groups is 2. The molecular weight excluding hydrogens is 444 g/mol. The number of amides is 2. The lowest BCUT2D eigenvalue weighted by Gasteiger charge is -2.35. The molecule has 1 saturated heterocycles. The predicted molar refractivity (Wildman–Crippen MR) is 134 cm³/mol. The fourth-order valence-corrected chi connectivity index (χ4v) is 4.39. The van der Waals surface area contributed by atoms with Crippen LogP contribution in [0.2, 0.25) is 0 Å². The third-order valence-corrected chi connectivity index (χ3v) is 6.04. The summed E-state index contributed by atoms with van der Waals surface area (Å²) in [5.41, 5.74) is 2.31. The Labute approximate surface area is 206 Å². The zero-order chi connectivity index (χ0) is 25.0. The maximum atomic E-state index is 12.5. The number of hydrogen-bond acceptors (Lipinski definition) is 5. The van der Waals surface area contributed by atoms with E-state index in [1.807, 2.05) is 82.3 Å². The quantitative estimate of drug-likeness (QED) is 0.516. The molecule has 0 bridgehead atoms. The molecule has 1 aromatic heterocycles. The van der Waals surface area contributed by atoms with Crippen molar-refractivity contribution in [1.82, 2.24) is 19.8 Å². The Morgan fingerprint density at radius 2 is 1.71 bits per heavy atom. The van der Waals surface area contributed by atoms with Gasteiger partial charge in [0.2, 0.25) is 0 Å². The molecule has 1 aliphatic heterocycles. The van der Waals surface area contributed by atoms with E-state index in [-0.39, 0.29) is 24.8 Å². The number of benzene rings is 2. The van der Waals surface area contributed by atoms with Gasteiger partial charge in [-0.25, -0.2) is 14.6 Å². The smallest absolute Gasteiger partial charge is 0.410 e. The SMILES string of the molecule is C[C@H](NC(=O)OCc1ccccc1)c1nc2ccccc2n1C1CCN(C(=O)OC(C)(C)C)CC1. The molecule has 186 valence electrons. The van der Waals surface area contributed by atoms with Crippen LogP contribution in [-0.4, -0.2) is 45.3 Å². The Balaban J connectivity index is 1.46. The Morgan fingerprint density at radius 1 is 1.06 bits per heavy atom. The van der Waals surface area contributed by atoms with Crippen molar-refractivity contribution in [2.45, 2.75) is 64.8 Å². The number of imidazole rings is 1. The molecule has 1 fully saturated rings. The fraction of sp³-hybridized carbons (Fsp3) is 0.444. The summed E-state index contributed by atoms with van der Waals surface area (Å²) in [6.07, 6.45) is 0.790. The summed E-state index contributed by atoms with van der Waals surface area (Å²) in [6, 6.07) is 17.4. The minimum atomic E-state index is -0.516. The number of nitrogens with zero attached hydrogens (tertiary/aromatic N) is 3. The molecule has 35 heavy (non-hydrogen) atoms. The van der Waals surface area contributed by atoms with Crippen molar-refractivity contribution >= 4 is 23.2 Å². The van der Waals surface area contributed by atoms with Gasteiger partial charge < -0.3 is 24.3 Å². The molecule has 4 rings (SSSR count). The second-order valence-electron chi connectivity index (χ2n) is 9.96. The molecule has 8 nitrogen and oxygen atoms in total. The molecule has 1 aliphatic rings. The predicted octanol–water partition coefficient (Wildman–Crippen LogP) is 5.60. The van der Waals surface area contributed by atoms with Crippen molar-refractivity contribution in [3.63, 3.8) is 0 Å². The van der Waals surface area contributed by atoms with E-state index in [1.54, 1.807) is 4.90 Å². The average molecular weight is 479 g/mol. The van der Waals surface area contributed by atoms with Crippen LogP contribution in [0, 0.1) is 0 Å². The van der Waals surface area contributed by atoms with Gasteiger partial charge in [-0.05, 0) is 58.2 Å². The second kappa shape index (κ2) is 10.4. The van der Waals surface area contributed by atoms with E-state index in [9.17, 15) is 9.59 Å². The molecule has 2 amide bonds. The van der Waals surface area contributed by atoms with Crippen molar-refractivity contribution in [3.8, 4) is 0 Å². The van der Waals surface area contributed by atoms with Gasteiger partial charge in [-0.2, -0.15) is 0 Å². The standard InChI is InChI=1S/C27H34N4O4/c1-19(28-25(32)34-18-20-10-6-5-7-11-20)24-29-22-12-8-9-13-23(22)31(24)21-14-16-30(17-15-21)26(33)35-27(2,3)4/h5-13,19,21H,14-18H2,1-4H3,(H,28,32)/t19-/m0/s1. The monoisotopic (exact) mass is 478 g/mol. The van der Waals surface area contributed by atoms with Crippen LogP contribution in [0.4, 0.5) is 9.59 Å². The number of rotatable bonds is 5. The van der Waals surface area contributed by atoms with Crippen molar-refractivity contribution < 1.29 is 19.1 Å². The minimum absolute atomic E-state index is 0.153. The third-order valence-electron chi connectivity index (χ3n) is 6.04. The van der Waals surface area contributed by atoms with Gasteiger partial charge in [-0.3, -0.25) is 0 Å². The highest BCUT2D eigenvalue weighted by Crippen LogP contribution is 2.31. The topological polar surface area (TPSA) is 85.7 Å². The zero-order valence-corrected chi connectivity index (χ0v) is 20.9. The number of para-hydroxylation sites is 2. The van der Waals surface area contributed by atoms with Crippen LogP contribution in [0.15, 0.2) is 54.6 Å². The molecule has 0 saturated carbocycles. The van der Waals surface area contributed by atoms with Gasteiger partial charge in [0.25, 0.3) is 0 Å². The summed E-state index contributed by atoms with van der Waals surface area (Å²) in [4.78, 5) is 31.6. The number of likely N-dealkylation sites (tertiary alicyclic amines) is 1. The number of hydrogen-bond donors (Lipinski definition) is 1. The van der Waals surface area contributed by atoms with Crippen molar-refractivity contribution in [1.29, 1.82) is 0 Å². The molecule has 1 N–H and O–H groups in total. The van der Waals surface area contributed by atoms with Gasteiger partial charge in [-0.15, -0.1) is 0 Å². The summed E-state index contributed by atoms with van der Waals surface area (Å²) >= 11 is 0. The highest BCUT2D eigenvalue weighted by atomic mass is 16.6. The van der Waals surface area contributed by atoms with E-state index in [4.69, 9.17) is 14.5 Å². The van der Waals surface area contributed by atoms with Crippen LogP contribution in [0.3, 0.4) is 0 Å². The first-order valence-electron chi connectivity index (χ1n) is 12.1. The number of nitrogens with one attached hydrogen (secondary N) is 1. The Morgan fingerprint density at radius 3 is 2.40 bits per heavy atom. The van der Waals surface area contributed by atoms with Gasteiger partial charge in [0, 0.05) is 19.1 Å². The summed E-state index contributed by atoms with van der Waals surface area (Å²) in [5.74, 6) is 0.776. The molecule has 0 radical (unpaired) electrons.